The molecule has 0 heterocycles. The molecular weight excluding hydrogens is 360 g/mol. The van der Waals surface area contributed by atoms with Gasteiger partial charge in [-0.25, -0.2) is 0 Å². The van der Waals surface area contributed by atoms with Crippen LogP contribution in [0, 0.1) is 5.92 Å². The fourth-order valence-corrected chi connectivity index (χ4v) is 3.59. The van der Waals surface area contributed by atoms with Gasteiger partial charge in [-0.2, -0.15) is 0 Å². The lowest BCUT2D eigenvalue weighted by Gasteiger charge is -2.30. The van der Waals surface area contributed by atoms with Crippen molar-refractivity contribution in [2.24, 2.45) is 17.4 Å². The average molecular weight is 407 g/mol. The van der Waals surface area contributed by atoms with E-state index in [1.165, 1.54) is 24.8 Å². The van der Waals surface area contributed by atoms with Crippen LogP contribution in [0.25, 0.3) is 0 Å². The van der Waals surface area contributed by atoms with Crippen LogP contribution >= 0.6 is 0 Å². The molecule has 0 amide bonds. The third-order valence-corrected chi connectivity index (χ3v) is 5.41. The molecule has 0 bridgehead atoms. The van der Waals surface area contributed by atoms with Crippen LogP contribution in [-0.4, -0.2) is 31.5 Å². The minimum Gasteiger partial charge on any atom is -0.373 e. The topological polar surface area (TPSA) is 85.3 Å². The molecule has 0 aromatic heterocycles. The van der Waals surface area contributed by atoms with Crippen LogP contribution in [-0.2, 0) is 11.3 Å². The Kier molecular flexibility index (Phi) is 15.1. The van der Waals surface area contributed by atoms with Crippen LogP contribution in [0.3, 0.4) is 0 Å². The predicted molar refractivity (Wildman–Crippen MR) is 124 cm³/mol. The van der Waals surface area contributed by atoms with E-state index in [1.807, 2.05) is 6.07 Å². The number of unbranched alkanes of at least 4 members (excludes halogenated alkanes) is 2. The van der Waals surface area contributed by atoms with Crippen molar-refractivity contribution in [1.82, 2.24) is 10.6 Å². The lowest BCUT2D eigenvalue weighted by atomic mass is 9.96. The van der Waals surface area contributed by atoms with Gasteiger partial charge in [0.25, 0.3) is 0 Å². The molecule has 3 atom stereocenters. The van der Waals surface area contributed by atoms with Gasteiger partial charge in [-0.1, -0.05) is 83.2 Å². The van der Waals surface area contributed by atoms with E-state index in [0.29, 0.717) is 12.5 Å². The van der Waals surface area contributed by atoms with Crippen molar-refractivity contribution in [2.45, 2.75) is 97.2 Å². The molecule has 1 aromatic rings. The van der Waals surface area contributed by atoms with E-state index in [0.717, 1.165) is 45.2 Å². The largest absolute Gasteiger partial charge is 0.373 e. The summed E-state index contributed by atoms with van der Waals surface area (Å²) in [5, 5.41) is 7.05. The predicted octanol–water partition coefficient (Wildman–Crippen LogP) is 4.12. The summed E-state index contributed by atoms with van der Waals surface area (Å²) in [6.45, 7) is 8.92. The van der Waals surface area contributed by atoms with E-state index in [-0.39, 0.29) is 18.4 Å². The van der Waals surface area contributed by atoms with E-state index in [4.69, 9.17) is 16.2 Å². The molecule has 1 aromatic carbocycles. The number of hydrogen-bond acceptors (Lipinski definition) is 5. The summed E-state index contributed by atoms with van der Waals surface area (Å²) in [5.41, 5.74) is 13.7. The molecule has 168 valence electrons. The quantitative estimate of drug-likeness (QED) is 0.218. The molecular formula is C24H46N4O. The van der Waals surface area contributed by atoms with Crippen molar-refractivity contribution >= 4 is 0 Å². The highest BCUT2D eigenvalue weighted by molar-refractivity contribution is 5.13. The van der Waals surface area contributed by atoms with E-state index < -0.39 is 0 Å². The molecule has 0 spiro atoms. The summed E-state index contributed by atoms with van der Waals surface area (Å²) in [6.07, 6.45) is 9.13. The summed E-state index contributed by atoms with van der Waals surface area (Å²) in [6, 6.07) is 10.4. The van der Waals surface area contributed by atoms with E-state index in [2.05, 4.69) is 55.7 Å². The molecule has 0 aliphatic carbocycles. The Morgan fingerprint density at radius 2 is 1.38 bits per heavy atom. The first-order chi connectivity index (χ1) is 14.1. The minimum atomic E-state index is 0.0391. The van der Waals surface area contributed by atoms with Gasteiger partial charge in [0.2, 0.25) is 0 Å². The summed E-state index contributed by atoms with van der Waals surface area (Å²) in [7, 11) is 0. The van der Waals surface area contributed by atoms with Crippen molar-refractivity contribution in [2.75, 3.05) is 13.1 Å². The third-order valence-electron chi connectivity index (χ3n) is 5.41. The SMILES string of the molecule is CCCCCC(OCc1ccccc1)C(CNC(N)CCC)CNC(N)CCC. The zero-order valence-electron chi connectivity index (χ0n) is 19.0. The van der Waals surface area contributed by atoms with Gasteiger partial charge in [0.1, 0.15) is 0 Å². The zero-order chi connectivity index (χ0) is 21.3. The van der Waals surface area contributed by atoms with Crippen molar-refractivity contribution < 1.29 is 4.74 Å². The molecule has 5 nitrogen and oxygen atoms in total. The second kappa shape index (κ2) is 16.8. The van der Waals surface area contributed by atoms with Crippen LogP contribution in [0.15, 0.2) is 30.3 Å². The monoisotopic (exact) mass is 406 g/mol. The second-order valence-electron chi connectivity index (χ2n) is 8.20. The molecule has 1 rings (SSSR count). The second-order valence-corrected chi connectivity index (χ2v) is 8.20. The number of hydrogen-bond donors (Lipinski definition) is 4. The molecule has 0 saturated carbocycles. The lowest BCUT2D eigenvalue weighted by molar-refractivity contribution is -0.00704. The maximum Gasteiger partial charge on any atom is 0.0720 e. The molecule has 3 unspecified atom stereocenters. The fraction of sp³-hybridized carbons (Fsp3) is 0.750. The molecule has 6 N–H and O–H groups in total. The Bertz CT molecular complexity index is 469. The first-order valence-electron chi connectivity index (χ1n) is 11.7. The van der Waals surface area contributed by atoms with Crippen molar-refractivity contribution in [3.05, 3.63) is 35.9 Å². The summed E-state index contributed by atoms with van der Waals surface area (Å²) in [4.78, 5) is 0. The molecule has 0 fully saturated rings. The van der Waals surface area contributed by atoms with Crippen molar-refractivity contribution in [3.63, 3.8) is 0 Å². The van der Waals surface area contributed by atoms with E-state index in [9.17, 15) is 0 Å². The first-order valence-corrected chi connectivity index (χ1v) is 11.7. The number of ether oxygens (including phenoxy) is 1. The number of nitrogens with one attached hydrogen (secondary N) is 2. The number of rotatable bonds is 18. The molecule has 0 aliphatic rings. The maximum atomic E-state index is 6.46. The minimum absolute atomic E-state index is 0.0391. The highest BCUT2D eigenvalue weighted by Gasteiger charge is 2.23. The third kappa shape index (κ3) is 12.3. The van der Waals surface area contributed by atoms with Gasteiger partial charge in [-0.3, -0.25) is 0 Å². The van der Waals surface area contributed by atoms with E-state index >= 15 is 0 Å². The van der Waals surface area contributed by atoms with Gasteiger partial charge in [-0.15, -0.1) is 0 Å². The highest BCUT2D eigenvalue weighted by Crippen LogP contribution is 2.18. The van der Waals surface area contributed by atoms with Gasteiger partial charge in [-0.05, 0) is 24.8 Å². The van der Waals surface area contributed by atoms with E-state index in [1.54, 1.807) is 0 Å². The van der Waals surface area contributed by atoms with Crippen LogP contribution < -0.4 is 22.1 Å². The molecule has 0 radical (unpaired) electrons. The Balaban J connectivity index is 2.76. The Morgan fingerprint density at radius 1 is 0.793 bits per heavy atom. The van der Waals surface area contributed by atoms with Crippen LogP contribution in [0.5, 0.6) is 0 Å². The molecule has 29 heavy (non-hydrogen) atoms. The Morgan fingerprint density at radius 3 is 1.90 bits per heavy atom. The van der Waals surface area contributed by atoms with Gasteiger partial charge in [0.15, 0.2) is 0 Å². The Labute approximate surface area is 179 Å². The fourth-order valence-electron chi connectivity index (χ4n) is 3.59. The normalized spacial score (nSPS) is 15.8. The molecule has 0 saturated heterocycles. The molecule has 0 aliphatic heterocycles. The van der Waals surface area contributed by atoms with Gasteiger partial charge >= 0.3 is 0 Å². The summed E-state index contributed by atoms with van der Waals surface area (Å²) in [5.74, 6) is 0.335. The van der Waals surface area contributed by atoms with Crippen molar-refractivity contribution in [1.29, 1.82) is 0 Å². The molecule has 5 heteroatoms. The summed E-state index contributed by atoms with van der Waals surface area (Å²) < 4.78 is 6.46. The first kappa shape index (κ1) is 26.1. The maximum absolute atomic E-state index is 6.46. The lowest BCUT2D eigenvalue weighted by Crippen LogP contribution is -2.48. The van der Waals surface area contributed by atoms with Crippen LogP contribution in [0.2, 0.25) is 0 Å². The van der Waals surface area contributed by atoms with Gasteiger partial charge in [0, 0.05) is 19.0 Å². The number of benzene rings is 1. The summed E-state index contributed by atoms with van der Waals surface area (Å²) >= 11 is 0. The van der Waals surface area contributed by atoms with Gasteiger partial charge < -0.3 is 26.8 Å². The van der Waals surface area contributed by atoms with Gasteiger partial charge in [0.05, 0.1) is 25.0 Å². The van der Waals surface area contributed by atoms with Crippen LogP contribution in [0.4, 0.5) is 0 Å². The average Bonchev–Trinajstić information content (AvgIpc) is 2.72. The number of nitrogens with two attached hydrogens (primary N) is 2. The Hall–Kier alpha value is -0.980. The smallest absolute Gasteiger partial charge is 0.0720 e. The van der Waals surface area contributed by atoms with Crippen molar-refractivity contribution in [3.8, 4) is 0 Å². The standard InChI is InChI=1S/C24H46N4O/c1-4-7-9-16-22(29-19-20-14-10-8-11-15-20)21(17-27-23(25)12-5-2)18-28-24(26)13-6-3/h8,10-11,14-15,21-24,27-28H,4-7,9,12-13,16-19,25-26H2,1-3H3. The zero-order valence-corrected chi connectivity index (χ0v) is 19.0. The van der Waals surface area contributed by atoms with Crippen LogP contribution in [0.1, 0.15) is 77.7 Å². The highest BCUT2D eigenvalue weighted by atomic mass is 16.5.